The third-order valence-corrected chi connectivity index (χ3v) is 5.56. The van der Waals surface area contributed by atoms with E-state index in [4.69, 9.17) is 0 Å². The molecule has 1 atom stereocenters. The van der Waals surface area contributed by atoms with Gasteiger partial charge in [0.15, 0.2) is 5.78 Å². The summed E-state index contributed by atoms with van der Waals surface area (Å²) in [5, 5.41) is 5.12. The summed E-state index contributed by atoms with van der Waals surface area (Å²) in [6.45, 7) is 2.15. The molecule has 1 aromatic carbocycles. The molecule has 0 fully saturated rings. The van der Waals surface area contributed by atoms with Gasteiger partial charge in [-0.3, -0.25) is 4.79 Å². The Morgan fingerprint density at radius 2 is 2.04 bits per heavy atom. The minimum atomic E-state index is -0.271. The lowest BCUT2D eigenvalue weighted by molar-refractivity contribution is 0.0962. The van der Waals surface area contributed by atoms with E-state index < -0.39 is 0 Å². The van der Waals surface area contributed by atoms with E-state index in [2.05, 4.69) is 22.0 Å². The van der Waals surface area contributed by atoms with Crippen LogP contribution < -0.4 is 0 Å². The van der Waals surface area contributed by atoms with Crippen LogP contribution in [0.5, 0.6) is 0 Å². The predicted octanol–water partition coefficient (Wildman–Crippen LogP) is 4.07. The first kappa shape index (κ1) is 17.1. The quantitative estimate of drug-likeness (QED) is 0.500. The molecule has 0 amide bonds. The zero-order chi connectivity index (χ0) is 18.1. The number of nitrogens with zero attached hydrogens (tertiary/aromatic N) is 4. The number of benzene rings is 1. The number of halogens is 1. The highest BCUT2D eigenvalue weighted by atomic mass is 32.2. The molecule has 26 heavy (non-hydrogen) atoms. The lowest BCUT2D eigenvalue weighted by Gasteiger charge is -2.23. The van der Waals surface area contributed by atoms with Gasteiger partial charge in [-0.05, 0) is 36.5 Å². The number of thioether (sulfide) groups is 1. The van der Waals surface area contributed by atoms with Gasteiger partial charge in [-0.1, -0.05) is 37.2 Å². The predicted molar refractivity (Wildman–Crippen MR) is 98.2 cm³/mol. The Bertz CT molecular complexity index is 954. The van der Waals surface area contributed by atoms with Crippen molar-refractivity contribution in [2.24, 2.45) is 0 Å². The van der Waals surface area contributed by atoms with Crippen molar-refractivity contribution in [2.45, 2.75) is 43.7 Å². The molecule has 2 aromatic heterocycles. The zero-order valence-electron chi connectivity index (χ0n) is 14.5. The molecule has 3 aromatic rings. The summed E-state index contributed by atoms with van der Waals surface area (Å²) in [5.41, 5.74) is 2.33. The molecular weight excluding hydrogens is 351 g/mol. The smallest absolute Gasteiger partial charge is 0.253 e. The standard InChI is InChI=1S/C19H19FN4OS/c1-2-3-8-26-19-22-18-21-16-9-13(12-4-6-14(20)7-5-12)10-17(25)15(16)11-24(18)23-19/h4-7,11,13H,2-3,8-10H2,1H3. The van der Waals surface area contributed by atoms with E-state index in [-0.39, 0.29) is 17.5 Å². The summed E-state index contributed by atoms with van der Waals surface area (Å²) in [6, 6.07) is 6.36. The molecule has 0 saturated carbocycles. The molecular formula is C19H19FN4OS. The monoisotopic (exact) mass is 370 g/mol. The molecule has 0 bridgehead atoms. The largest absolute Gasteiger partial charge is 0.294 e. The average Bonchev–Trinajstić information content (AvgIpc) is 3.02. The Balaban J connectivity index is 1.63. The molecule has 5 nitrogen and oxygen atoms in total. The number of fused-ring (bicyclic) bond motifs is 2. The van der Waals surface area contributed by atoms with Crippen LogP contribution in [0.3, 0.4) is 0 Å². The van der Waals surface area contributed by atoms with E-state index >= 15 is 0 Å². The third kappa shape index (κ3) is 3.35. The second-order valence-corrected chi connectivity index (χ2v) is 7.58. The van der Waals surface area contributed by atoms with Gasteiger partial charge in [-0.2, -0.15) is 4.98 Å². The van der Waals surface area contributed by atoms with E-state index in [0.717, 1.165) is 29.9 Å². The molecule has 1 aliphatic rings. The van der Waals surface area contributed by atoms with Crippen LogP contribution in [0, 0.1) is 5.82 Å². The van der Waals surface area contributed by atoms with Crippen LogP contribution in [0.2, 0.25) is 0 Å². The highest BCUT2D eigenvalue weighted by Gasteiger charge is 2.28. The maximum atomic E-state index is 13.2. The maximum Gasteiger partial charge on any atom is 0.253 e. The fourth-order valence-electron chi connectivity index (χ4n) is 3.20. The number of carbonyl (C=O) groups is 1. The van der Waals surface area contributed by atoms with Crippen LogP contribution in [-0.4, -0.2) is 31.1 Å². The second-order valence-electron chi connectivity index (χ2n) is 6.52. The van der Waals surface area contributed by atoms with Crippen molar-refractivity contribution in [1.82, 2.24) is 19.6 Å². The minimum Gasteiger partial charge on any atom is -0.294 e. The summed E-state index contributed by atoms with van der Waals surface area (Å²) < 4.78 is 14.8. The van der Waals surface area contributed by atoms with Crippen molar-refractivity contribution >= 4 is 23.3 Å². The number of ketones is 1. The van der Waals surface area contributed by atoms with Crippen LogP contribution >= 0.6 is 11.8 Å². The molecule has 0 aliphatic heterocycles. The zero-order valence-corrected chi connectivity index (χ0v) is 15.3. The Morgan fingerprint density at radius 3 is 2.81 bits per heavy atom. The molecule has 0 N–H and O–H groups in total. The molecule has 1 aliphatic carbocycles. The highest BCUT2D eigenvalue weighted by molar-refractivity contribution is 7.99. The number of aromatic nitrogens is 4. The SMILES string of the molecule is CCCCSc1nc2nc3c(cn2n1)C(=O)CC(c1ccc(F)cc1)C3. The van der Waals surface area contributed by atoms with Gasteiger partial charge >= 0.3 is 0 Å². The number of carbonyl (C=O) groups excluding carboxylic acids is 1. The van der Waals surface area contributed by atoms with Gasteiger partial charge in [0.05, 0.1) is 11.3 Å². The van der Waals surface area contributed by atoms with Gasteiger partial charge in [-0.25, -0.2) is 13.9 Å². The molecule has 0 spiro atoms. The minimum absolute atomic E-state index is 0.0203. The summed E-state index contributed by atoms with van der Waals surface area (Å²) in [6.07, 6.45) is 5.04. The van der Waals surface area contributed by atoms with E-state index in [9.17, 15) is 9.18 Å². The Kier molecular flexibility index (Phi) is 4.72. The van der Waals surface area contributed by atoms with Crippen molar-refractivity contribution < 1.29 is 9.18 Å². The summed E-state index contributed by atoms with van der Waals surface area (Å²) >= 11 is 1.61. The van der Waals surface area contributed by atoms with Gasteiger partial charge in [-0.15, -0.1) is 5.10 Å². The van der Waals surface area contributed by atoms with Crippen molar-refractivity contribution in [1.29, 1.82) is 0 Å². The fourth-order valence-corrected chi connectivity index (χ4v) is 4.11. The number of rotatable bonds is 5. The second kappa shape index (κ2) is 7.15. The molecule has 7 heteroatoms. The molecule has 0 saturated heterocycles. The van der Waals surface area contributed by atoms with E-state index in [1.807, 2.05) is 0 Å². The van der Waals surface area contributed by atoms with Crippen molar-refractivity contribution in [3.05, 3.63) is 53.1 Å². The summed E-state index contributed by atoms with van der Waals surface area (Å²) in [4.78, 5) is 21.7. The van der Waals surface area contributed by atoms with Crippen LogP contribution in [0.25, 0.3) is 5.78 Å². The van der Waals surface area contributed by atoms with Crippen molar-refractivity contribution in [2.75, 3.05) is 5.75 Å². The summed E-state index contributed by atoms with van der Waals surface area (Å²) in [7, 11) is 0. The molecule has 134 valence electrons. The molecule has 2 heterocycles. The van der Waals surface area contributed by atoms with Crippen molar-refractivity contribution in [3.8, 4) is 0 Å². The van der Waals surface area contributed by atoms with Gasteiger partial charge in [0, 0.05) is 18.4 Å². The molecule has 0 radical (unpaired) electrons. The summed E-state index contributed by atoms with van der Waals surface area (Å²) in [5.74, 6) is 1.29. The first-order valence-electron chi connectivity index (χ1n) is 8.82. The number of Topliss-reactive ketones (excluding diaryl/α,β-unsaturated/α-hetero) is 1. The van der Waals surface area contributed by atoms with E-state index in [1.165, 1.54) is 12.1 Å². The number of hydrogen-bond donors (Lipinski definition) is 0. The number of hydrogen-bond acceptors (Lipinski definition) is 5. The highest BCUT2D eigenvalue weighted by Crippen LogP contribution is 2.32. The fraction of sp³-hybridized carbons (Fsp3) is 0.368. The van der Waals surface area contributed by atoms with Crippen LogP contribution in [-0.2, 0) is 6.42 Å². The van der Waals surface area contributed by atoms with Gasteiger partial charge < -0.3 is 0 Å². The van der Waals surface area contributed by atoms with E-state index in [1.54, 1.807) is 34.6 Å². The van der Waals surface area contributed by atoms with Crippen LogP contribution in [0.1, 0.15) is 53.7 Å². The normalized spacial score (nSPS) is 16.8. The van der Waals surface area contributed by atoms with Crippen molar-refractivity contribution in [3.63, 3.8) is 0 Å². The maximum absolute atomic E-state index is 13.2. The first-order valence-corrected chi connectivity index (χ1v) is 9.80. The van der Waals surface area contributed by atoms with Crippen LogP contribution in [0.15, 0.2) is 35.6 Å². The van der Waals surface area contributed by atoms with Gasteiger partial charge in [0.1, 0.15) is 5.82 Å². The lowest BCUT2D eigenvalue weighted by atomic mass is 9.82. The Morgan fingerprint density at radius 1 is 1.23 bits per heavy atom. The lowest BCUT2D eigenvalue weighted by Crippen LogP contribution is -2.21. The topological polar surface area (TPSA) is 60.1 Å². The number of unbranched alkanes of at least 4 members (excludes halogenated alkanes) is 1. The Hall–Kier alpha value is -2.28. The third-order valence-electron chi connectivity index (χ3n) is 4.63. The average molecular weight is 370 g/mol. The van der Waals surface area contributed by atoms with E-state index in [0.29, 0.717) is 29.3 Å². The molecule has 1 unspecified atom stereocenters. The van der Waals surface area contributed by atoms with Gasteiger partial charge in [0.25, 0.3) is 5.78 Å². The van der Waals surface area contributed by atoms with Crippen LogP contribution in [0.4, 0.5) is 4.39 Å². The molecule has 4 rings (SSSR count). The first-order chi connectivity index (χ1) is 12.6. The Labute approximate surface area is 155 Å². The van der Waals surface area contributed by atoms with Gasteiger partial charge in [0.2, 0.25) is 5.16 Å².